The summed E-state index contributed by atoms with van der Waals surface area (Å²) in [6.07, 6.45) is 0. The predicted octanol–water partition coefficient (Wildman–Crippen LogP) is 2.11. The van der Waals surface area contributed by atoms with Crippen LogP contribution in [0.25, 0.3) is 0 Å². The van der Waals surface area contributed by atoms with Gasteiger partial charge in [-0.1, -0.05) is 27.7 Å². The number of rotatable bonds is 3. The summed E-state index contributed by atoms with van der Waals surface area (Å²) in [6.45, 7) is 11.6. The second-order valence-corrected chi connectivity index (χ2v) is 5.79. The van der Waals surface area contributed by atoms with E-state index in [1.54, 1.807) is 13.8 Å². The van der Waals surface area contributed by atoms with Crippen LogP contribution in [0, 0.1) is 17.3 Å². The van der Waals surface area contributed by atoms with E-state index in [2.05, 4.69) is 0 Å². The van der Waals surface area contributed by atoms with Gasteiger partial charge in [-0.2, -0.15) is 0 Å². The Hall–Kier alpha value is -0.570. The number of hydrogen-bond donors (Lipinski definition) is 2. The third kappa shape index (κ3) is 3.29. The van der Waals surface area contributed by atoms with Crippen LogP contribution in [0.15, 0.2) is 0 Å². The molecule has 0 spiro atoms. The van der Waals surface area contributed by atoms with Gasteiger partial charge in [0, 0.05) is 5.54 Å². The van der Waals surface area contributed by atoms with Gasteiger partial charge in [-0.25, -0.2) is 0 Å². The molecule has 0 aromatic carbocycles. The quantitative estimate of drug-likeness (QED) is 0.735. The van der Waals surface area contributed by atoms with Crippen LogP contribution in [-0.2, 0) is 4.79 Å². The van der Waals surface area contributed by atoms with Crippen molar-refractivity contribution in [3.8, 4) is 0 Å². The van der Waals surface area contributed by atoms with E-state index >= 15 is 0 Å². The molecule has 0 amide bonds. The summed E-state index contributed by atoms with van der Waals surface area (Å²) in [5.74, 6) is -1.28. The zero-order valence-electron chi connectivity index (χ0n) is 10.1. The number of carboxylic acids is 1. The van der Waals surface area contributed by atoms with Crippen LogP contribution in [0.2, 0.25) is 0 Å². The van der Waals surface area contributed by atoms with Gasteiger partial charge < -0.3 is 10.8 Å². The Morgan fingerprint density at radius 1 is 1.21 bits per heavy atom. The lowest BCUT2D eigenvalue weighted by Crippen LogP contribution is -2.50. The molecule has 0 aromatic heterocycles. The maximum atomic E-state index is 11.2. The minimum Gasteiger partial charge on any atom is -0.481 e. The van der Waals surface area contributed by atoms with E-state index in [9.17, 15) is 4.79 Å². The molecule has 3 heteroatoms. The summed E-state index contributed by atoms with van der Waals surface area (Å²) >= 11 is 0. The first-order valence-electron chi connectivity index (χ1n) is 4.99. The molecular weight excluding hydrogens is 178 g/mol. The summed E-state index contributed by atoms with van der Waals surface area (Å²) in [4.78, 5) is 11.2. The Morgan fingerprint density at radius 3 is 1.64 bits per heavy atom. The maximum Gasteiger partial charge on any atom is 0.308 e. The molecule has 0 aliphatic heterocycles. The second kappa shape index (κ2) is 3.89. The van der Waals surface area contributed by atoms with E-state index in [-0.39, 0.29) is 11.3 Å². The molecule has 3 nitrogen and oxygen atoms in total. The van der Waals surface area contributed by atoms with E-state index in [1.807, 2.05) is 27.7 Å². The topological polar surface area (TPSA) is 63.3 Å². The molecule has 0 saturated carbocycles. The highest BCUT2D eigenvalue weighted by molar-refractivity contribution is 5.72. The summed E-state index contributed by atoms with van der Waals surface area (Å²) in [5.41, 5.74) is 5.17. The zero-order valence-corrected chi connectivity index (χ0v) is 10.1. The standard InChI is InChI=1S/C11H23NO2/c1-7(10(2,3)4)8(9(13)14)11(5,6)12/h7-8H,12H2,1-6H3,(H,13,14). The Morgan fingerprint density at radius 2 is 1.57 bits per heavy atom. The minimum absolute atomic E-state index is 0.0417. The van der Waals surface area contributed by atoms with Crippen LogP contribution in [0.1, 0.15) is 41.5 Å². The Labute approximate surface area is 86.7 Å². The molecule has 0 aromatic rings. The van der Waals surface area contributed by atoms with Crippen molar-refractivity contribution in [2.75, 3.05) is 0 Å². The van der Waals surface area contributed by atoms with Crippen molar-refractivity contribution in [3.63, 3.8) is 0 Å². The predicted molar refractivity (Wildman–Crippen MR) is 58.0 cm³/mol. The van der Waals surface area contributed by atoms with Crippen molar-refractivity contribution in [2.24, 2.45) is 23.0 Å². The number of nitrogens with two attached hydrogens (primary N) is 1. The number of hydrogen-bond acceptors (Lipinski definition) is 2. The van der Waals surface area contributed by atoms with Crippen LogP contribution in [0.5, 0.6) is 0 Å². The van der Waals surface area contributed by atoms with Crippen LogP contribution in [0.3, 0.4) is 0 Å². The molecule has 3 N–H and O–H groups in total. The van der Waals surface area contributed by atoms with E-state index in [0.29, 0.717) is 0 Å². The highest BCUT2D eigenvalue weighted by Crippen LogP contribution is 2.36. The minimum atomic E-state index is -0.806. The Balaban J connectivity index is 4.96. The van der Waals surface area contributed by atoms with Crippen LogP contribution >= 0.6 is 0 Å². The Kier molecular flexibility index (Phi) is 3.73. The van der Waals surface area contributed by atoms with Crippen molar-refractivity contribution < 1.29 is 9.90 Å². The molecule has 0 aliphatic carbocycles. The Bertz CT molecular complexity index is 210. The molecule has 14 heavy (non-hydrogen) atoms. The SMILES string of the molecule is CC(C(C(=O)O)C(C)(C)N)C(C)(C)C. The molecule has 0 heterocycles. The monoisotopic (exact) mass is 201 g/mol. The van der Waals surface area contributed by atoms with Gasteiger partial charge in [-0.05, 0) is 25.2 Å². The molecule has 2 atom stereocenters. The van der Waals surface area contributed by atoms with Gasteiger partial charge in [0.15, 0.2) is 0 Å². The van der Waals surface area contributed by atoms with Crippen molar-refractivity contribution in [3.05, 3.63) is 0 Å². The molecule has 0 bridgehead atoms. The molecule has 0 fully saturated rings. The second-order valence-electron chi connectivity index (χ2n) is 5.79. The fraction of sp³-hybridized carbons (Fsp3) is 0.909. The van der Waals surface area contributed by atoms with Gasteiger partial charge in [-0.15, -0.1) is 0 Å². The highest BCUT2D eigenvalue weighted by atomic mass is 16.4. The van der Waals surface area contributed by atoms with Gasteiger partial charge in [-0.3, -0.25) is 4.79 Å². The first kappa shape index (κ1) is 13.4. The average Bonchev–Trinajstić information content (AvgIpc) is 1.79. The molecule has 84 valence electrons. The summed E-state index contributed by atoms with van der Waals surface area (Å²) in [7, 11) is 0. The van der Waals surface area contributed by atoms with E-state index in [1.165, 1.54) is 0 Å². The van der Waals surface area contributed by atoms with Crippen molar-refractivity contribution in [1.29, 1.82) is 0 Å². The van der Waals surface area contributed by atoms with Gasteiger partial charge >= 0.3 is 5.97 Å². The summed E-state index contributed by atoms with van der Waals surface area (Å²) in [6, 6.07) is 0. The third-order valence-corrected chi connectivity index (χ3v) is 2.93. The van der Waals surface area contributed by atoms with Gasteiger partial charge in [0.2, 0.25) is 0 Å². The first-order valence-corrected chi connectivity index (χ1v) is 4.99. The van der Waals surface area contributed by atoms with Gasteiger partial charge in [0.05, 0.1) is 5.92 Å². The average molecular weight is 201 g/mol. The molecule has 0 aliphatic rings. The molecule has 0 saturated heterocycles. The zero-order chi connectivity index (χ0) is 11.7. The molecule has 0 radical (unpaired) electrons. The van der Waals surface area contributed by atoms with Gasteiger partial charge in [0.25, 0.3) is 0 Å². The number of carbonyl (C=O) groups is 1. The molecule has 2 unspecified atom stereocenters. The highest BCUT2D eigenvalue weighted by Gasteiger charge is 2.41. The van der Waals surface area contributed by atoms with Crippen LogP contribution < -0.4 is 5.73 Å². The smallest absolute Gasteiger partial charge is 0.308 e. The summed E-state index contributed by atoms with van der Waals surface area (Å²) in [5, 5.41) is 9.16. The third-order valence-electron chi connectivity index (χ3n) is 2.93. The normalized spacial score (nSPS) is 17.6. The van der Waals surface area contributed by atoms with Gasteiger partial charge in [0.1, 0.15) is 0 Å². The largest absolute Gasteiger partial charge is 0.481 e. The van der Waals surface area contributed by atoms with E-state index in [4.69, 9.17) is 10.8 Å². The lowest BCUT2D eigenvalue weighted by Gasteiger charge is -2.38. The van der Waals surface area contributed by atoms with Crippen molar-refractivity contribution in [1.82, 2.24) is 0 Å². The molecule has 0 rings (SSSR count). The van der Waals surface area contributed by atoms with E-state index in [0.717, 1.165) is 0 Å². The number of carboxylic acid groups (broad SMARTS) is 1. The lowest BCUT2D eigenvalue weighted by molar-refractivity contribution is -0.147. The first-order chi connectivity index (χ1) is 5.98. The molecular formula is C11H23NO2. The van der Waals surface area contributed by atoms with Crippen molar-refractivity contribution in [2.45, 2.75) is 47.1 Å². The maximum absolute atomic E-state index is 11.2. The fourth-order valence-electron chi connectivity index (χ4n) is 1.68. The summed E-state index contributed by atoms with van der Waals surface area (Å²) < 4.78 is 0. The lowest BCUT2D eigenvalue weighted by atomic mass is 9.68. The number of aliphatic carboxylic acids is 1. The van der Waals surface area contributed by atoms with Crippen LogP contribution in [0.4, 0.5) is 0 Å². The van der Waals surface area contributed by atoms with Crippen LogP contribution in [-0.4, -0.2) is 16.6 Å². The van der Waals surface area contributed by atoms with E-state index < -0.39 is 17.4 Å². The fourth-order valence-corrected chi connectivity index (χ4v) is 1.68. The van der Waals surface area contributed by atoms with Crippen molar-refractivity contribution >= 4 is 5.97 Å².